The van der Waals surface area contributed by atoms with Gasteiger partial charge in [0.2, 0.25) is 0 Å². The first-order chi connectivity index (χ1) is 7.89. The lowest BCUT2D eigenvalue weighted by Crippen LogP contribution is -2.26. The monoisotopic (exact) mass is 232 g/mol. The van der Waals surface area contributed by atoms with Gasteiger partial charge in [-0.15, -0.1) is 0 Å². The number of hydrogen-bond donors (Lipinski definition) is 0. The van der Waals surface area contributed by atoms with Gasteiger partial charge in [-0.05, 0) is 38.3 Å². The Morgan fingerprint density at radius 2 is 1.94 bits per heavy atom. The summed E-state index contributed by atoms with van der Waals surface area (Å²) in [6.07, 6.45) is 0.927. The first-order valence-electron chi connectivity index (χ1n) is 6.18. The van der Waals surface area contributed by atoms with Crippen LogP contribution in [0.5, 0.6) is 0 Å². The van der Waals surface area contributed by atoms with E-state index in [4.69, 9.17) is 4.74 Å². The fourth-order valence-corrected chi connectivity index (χ4v) is 2.23. The maximum absolute atomic E-state index is 12.0. The smallest absolute Gasteiger partial charge is 0.311 e. The highest BCUT2D eigenvalue weighted by Crippen LogP contribution is 2.39. The molecule has 0 aliphatic heterocycles. The van der Waals surface area contributed by atoms with Crippen LogP contribution >= 0.6 is 0 Å². The van der Waals surface area contributed by atoms with Gasteiger partial charge in [-0.2, -0.15) is 0 Å². The van der Waals surface area contributed by atoms with Gasteiger partial charge in [0, 0.05) is 5.92 Å². The van der Waals surface area contributed by atoms with Crippen LogP contribution < -0.4 is 0 Å². The summed E-state index contributed by atoms with van der Waals surface area (Å²) in [6, 6.07) is 8.24. The second kappa shape index (κ2) is 4.17. The van der Waals surface area contributed by atoms with Crippen LogP contribution in [0.1, 0.15) is 44.9 Å². The van der Waals surface area contributed by atoms with Crippen molar-refractivity contribution in [3.8, 4) is 0 Å². The Balaban J connectivity index is 2.20. The predicted octanol–water partition coefficient (Wildman–Crippen LogP) is 3.51. The molecule has 2 heteroatoms. The van der Waals surface area contributed by atoms with Crippen LogP contribution in [-0.4, -0.2) is 5.97 Å². The van der Waals surface area contributed by atoms with E-state index in [1.807, 2.05) is 32.9 Å². The minimum Gasteiger partial charge on any atom is -0.457 e. The molecule has 92 valence electrons. The minimum absolute atomic E-state index is 0.0714. The third kappa shape index (κ3) is 2.36. The second-order valence-corrected chi connectivity index (χ2v) is 5.96. The van der Waals surface area contributed by atoms with Crippen molar-refractivity contribution >= 4 is 5.97 Å². The van der Waals surface area contributed by atoms with Gasteiger partial charge in [0.15, 0.2) is 0 Å². The van der Waals surface area contributed by atoms with Gasteiger partial charge in [-0.3, -0.25) is 4.79 Å². The lowest BCUT2D eigenvalue weighted by molar-refractivity contribution is -0.161. The van der Waals surface area contributed by atoms with Crippen molar-refractivity contribution in [1.82, 2.24) is 0 Å². The van der Waals surface area contributed by atoms with Crippen molar-refractivity contribution in [1.29, 1.82) is 0 Å². The Hall–Kier alpha value is -1.31. The first kappa shape index (κ1) is 12.2. The average Bonchev–Trinajstić information content (AvgIpc) is 2.54. The van der Waals surface area contributed by atoms with E-state index in [0.29, 0.717) is 5.92 Å². The molecule has 2 rings (SSSR count). The second-order valence-electron chi connectivity index (χ2n) is 5.96. The van der Waals surface area contributed by atoms with Crippen LogP contribution in [0.2, 0.25) is 0 Å². The highest BCUT2D eigenvalue weighted by molar-refractivity contribution is 5.75. The van der Waals surface area contributed by atoms with Crippen LogP contribution in [0.3, 0.4) is 0 Å². The zero-order valence-electron chi connectivity index (χ0n) is 11.0. The van der Waals surface area contributed by atoms with Gasteiger partial charge in [0.1, 0.15) is 6.10 Å². The Kier molecular flexibility index (Phi) is 2.98. The van der Waals surface area contributed by atoms with Crippen LogP contribution in [-0.2, 0) is 16.0 Å². The molecule has 0 spiro atoms. The van der Waals surface area contributed by atoms with Crippen molar-refractivity contribution < 1.29 is 9.53 Å². The van der Waals surface area contributed by atoms with E-state index in [9.17, 15) is 4.79 Å². The maximum atomic E-state index is 12.0. The molecule has 0 bridgehead atoms. The molecule has 1 aliphatic rings. The van der Waals surface area contributed by atoms with Crippen LogP contribution in [0.25, 0.3) is 0 Å². The summed E-state index contributed by atoms with van der Waals surface area (Å²) in [7, 11) is 0. The van der Waals surface area contributed by atoms with Crippen LogP contribution in [0.4, 0.5) is 0 Å². The van der Waals surface area contributed by atoms with Gasteiger partial charge in [0.05, 0.1) is 5.41 Å². The summed E-state index contributed by atoms with van der Waals surface area (Å²) in [5, 5.41) is 0. The third-order valence-corrected chi connectivity index (χ3v) is 3.27. The maximum Gasteiger partial charge on any atom is 0.311 e. The van der Waals surface area contributed by atoms with Gasteiger partial charge >= 0.3 is 5.97 Å². The molecule has 0 radical (unpaired) electrons. The van der Waals surface area contributed by atoms with Crippen molar-refractivity contribution in [3.63, 3.8) is 0 Å². The lowest BCUT2D eigenvalue weighted by Gasteiger charge is -2.23. The van der Waals surface area contributed by atoms with Gasteiger partial charge in [-0.25, -0.2) is 0 Å². The van der Waals surface area contributed by atoms with E-state index < -0.39 is 5.41 Å². The van der Waals surface area contributed by atoms with Gasteiger partial charge < -0.3 is 4.74 Å². The Morgan fingerprint density at radius 3 is 2.59 bits per heavy atom. The summed E-state index contributed by atoms with van der Waals surface area (Å²) in [5.41, 5.74) is 2.06. The molecule has 1 aromatic rings. The molecule has 0 fully saturated rings. The van der Waals surface area contributed by atoms with Gasteiger partial charge in [-0.1, -0.05) is 31.2 Å². The van der Waals surface area contributed by atoms with E-state index in [1.54, 1.807) is 0 Å². The Morgan fingerprint density at radius 1 is 1.29 bits per heavy atom. The van der Waals surface area contributed by atoms with E-state index in [1.165, 1.54) is 11.1 Å². The number of carbonyl (C=O) groups is 1. The van der Waals surface area contributed by atoms with E-state index in [-0.39, 0.29) is 12.1 Å². The molecule has 0 N–H and O–H groups in total. The predicted molar refractivity (Wildman–Crippen MR) is 67.6 cm³/mol. The summed E-state index contributed by atoms with van der Waals surface area (Å²) in [6.45, 7) is 7.81. The number of esters is 1. The first-order valence-corrected chi connectivity index (χ1v) is 6.18. The number of hydrogen-bond acceptors (Lipinski definition) is 2. The molecule has 2 atom stereocenters. The van der Waals surface area contributed by atoms with Crippen molar-refractivity contribution in [2.75, 3.05) is 0 Å². The van der Waals surface area contributed by atoms with Crippen molar-refractivity contribution in [2.45, 2.75) is 40.2 Å². The number of rotatable bonds is 1. The van der Waals surface area contributed by atoms with E-state index >= 15 is 0 Å². The Labute approximate surface area is 103 Å². The molecular formula is C15H20O2. The molecular weight excluding hydrogens is 212 g/mol. The quantitative estimate of drug-likeness (QED) is 0.693. The molecule has 0 heterocycles. The zero-order chi connectivity index (χ0) is 12.6. The summed E-state index contributed by atoms with van der Waals surface area (Å²) in [4.78, 5) is 12.0. The molecule has 17 heavy (non-hydrogen) atoms. The molecule has 0 amide bonds. The number of ether oxygens (including phenoxy) is 1. The van der Waals surface area contributed by atoms with Gasteiger partial charge in [0.25, 0.3) is 0 Å². The molecule has 1 aliphatic carbocycles. The number of benzene rings is 1. The number of fused-ring (bicyclic) bond motifs is 1. The van der Waals surface area contributed by atoms with Crippen LogP contribution in [0, 0.1) is 11.3 Å². The normalized spacial score (nSPS) is 23.3. The zero-order valence-corrected chi connectivity index (χ0v) is 11.0. The lowest BCUT2D eigenvalue weighted by atomic mass is 9.96. The van der Waals surface area contributed by atoms with Crippen LogP contribution in [0.15, 0.2) is 24.3 Å². The fourth-order valence-electron chi connectivity index (χ4n) is 2.23. The molecule has 0 saturated heterocycles. The highest BCUT2D eigenvalue weighted by Gasteiger charge is 2.34. The number of carbonyl (C=O) groups excluding carboxylic acids is 1. The summed E-state index contributed by atoms with van der Waals surface area (Å²) >= 11 is 0. The fraction of sp³-hybridized carbons (Fsp3) is 0.533. The molecule has 2 nitrogen and oxygen atoms in total. The Bertz CT molecular complexity index is 429. The van der Waals surface area contributed by atoms with Crippen molar-refractivity contribution in [2.24, 2.45) is 11.3 Å². The molecule has 0 saturated carbocycles. The summed E-state index contributed by atoms with van der Waals surface area (Å²) in [5.74, 6) is 0.254. The van der Waals surface area contributed by atoms with Crippen molar-refractivity contribution in [3.05, 3.63) is 35.4 Å². The topological polar surface area (TPSA) is 26.3 Å². The molecule has 2 unspecified atom stereocenters. The largest absolute Gasteiger partial charge is 0.457 e. The average molecular weight is 232 g/mol. The highest BCUT2D eigenvalue weighted by atomic mass is 16.5. The molecule has 0 aromatic heterocycles. The van der Waals surface area contributed by atoms with E-state index in [0.717, 1.165) is 6.42 Å². The SMILES string of the molecule is CC1Cc2ccccc2C1OC(=O)C(C)(C)C. The standard InChI is InChI=1S/C15H20O2/c1-10-9-11-7-5-6-8-12(11)13(10)17-14(16)15(2,3)4/h5-8,10,13H,9H2,1-4H3. The summed E-state index contributed by atoms with van der Waals surface area (Å²) < 4.78 is 5.68. The minimum atomic E-state index is -0.433. The molecule has 1 aromatic carbocycles. The third-order valence-electron chi connectivity index (χ3n) is 3.27. The van der Waals surface area contributed by atoms with E-state index in [2.05, 4.69) is 19.1 Å².